The highest BCUT2D eigenvalue weighted by Gasteiger charge is 2.37. The maximum absolute atomic E-state index is 5.54. The van der Waals surface area contributed by atoms with Crippen molar-refractivity contribution in [2.75, 3.05) is 45.2 Å². The Balaban J connectivity index is 1.43. The van der Waals surface area contributed by atoms with Gasteiger partial charge in [0.25, 0.3) is 0 Å². The molecule has 0 bridgehead atoms. The van der Waals surface area contributed by atoms with Crippen LogP contribution in [0.2, 0.25) is 0 Å². The van der Waals surface area contributed by atoms with E-state index in [-0.39, 0.29) is 0 Å². The molecule has 2 aliphatic rings. The first kappa shape index (κ1) is 16.4. The molecule has 0 atom stereocenters. The Hall–Kier alpha value is -2.08. The first-order valence-electron chi connectivity index (χ1n) is 9.09. The van der Waals surface area contributed by atoms with Crippen LogP contribution in [-0.2, 0) is 0 Å². The standard InChI is InChI=1S/C19H26N4O2/c1-22-10-6-19(7-11-22)8-12-23(13-9-19)18-20-17(21-25-18)15-4-3-5-16(14-15)24-2/h3-5,14H,6-13H2,1-2H3. The first-order valence-corrected chi connectivity index (χ1v) is 9.09. The van der Waals surface area contributed by atoms with E-state index >= 15 is 0 Å². The second-order valence-electron chi connectivity index (χ2n) is 7.42. The number of hydrogen-bond acceptors (Lipinski definition) is 6. The third-order valence-corrected chi connectivity index (χ3v) is 5.89. The minimum Gasteiger partial charge on any atom is -0.497 e. The van der Waals surface area contributed by atoms with Crippen molar-refractivity contribution < 1.29 is 9.26 Å². The lowest BCUT2D eigenvalue weighted by Crippen LogP contribution is -2.46. The average molecular weight is 342 g/mol. The Morgan fingerprint density at radius 3 is 2.52 bits per heavy atom. The summed E-state index contributed by atoms with van der Waals surface area (Å²) in [6, 6.07) is 8.39. The highest BCUT2D eigenvalue weighted by molar-refractivity contribution is 5.58. The molecule has 2 fully saturated rings. The van der Waals surface area contributed by atoms with Crippen LogP contribution in [0.15, 0.2) is 28.8 Å². The third-order valence-electron chi connectivity index (χ3n) is 5.89. The van der Waals surface area contributed by atoms with Gasteiger partial charge in [0.15, 0.2) is 0 Å². The fourth-order valence-electron chi connectivity index (χ4n) is 3.99. The molecule has 0 N–H and O–H groups in total. The van der Waals surface area contributed by atoms with Gasteiger partial charge >= 0.3 is 6.01 Å². The average Bonchev–Trinajstić information content (AvgIpc) is 3.15. The van der Waals surface area contributed by atoms with Crippen molar-refractivity contribution in [2.24, 2.45) is 5.41 Å². The van der Waals surface area contributed by atoms with E-state index < -0.39 is 0 Å². The quantitative estimate of drug-likeness (QED) is 0.854. The SMILES string of the molecule is COc1cccc(-c2noc(N3CCC4(CCN(C)CC4)CC3)n2)c1. The van der Waals surface area contributed by atoms with Crippen LogP contribution < -0.4 is 9.64 Å². The number of nitrogens with zero attached hydrogens (tertiary/aromatic N) is 4. The van der Waals surface area contributed by atoms with Gasteiger partial charge in [-0.3, -0.25) is 0 Å². The Morgan fingerprint density at radius 1 is 1.08 bits per heavy atom. The zero-order valence-corrected chi connectivity index (χ0v) is 15.1. The number of hydrogen-bond donors (Lipinski definition) is 0. The molecule has 2 aromatic rings. The van der Waals surface area contributed by atoms with E-state index in [1.54, 1.807) is 7.11 Å². The van der Waals surface area contributed by atoms with E-state index in [9.17, 15) is 0 Å². The van der Waals surface area contributed by atoms with Crippen LogP contribution in [0, 0.1) is 5.41 Å². The minimum atomic E-state index is 0.526. The van der Waals surface area contributed by atoms with Gasteiger partial charge in [0.1, 0.15) is 5.75 Å². The summed E-state index contributed by atoms with van der Waals surface area (Å²) in [5.41, 5.74) is 1.44. The summed E-state index contributed by atoms with van der Waals surface area (Å²) in [4.78, 5) is 9.29. The summed E-state index contributed by atoms with van der Waals surface area (Å²) < 4.78 is 10.8. The number of likely N-dealkylation sites (tertiary alicyclic amines) is 1. The van der Waals surface area contributed by atoms with E-state index in [2.05, 4.69) is 27.0 Å². The molecule has 0 radical (unpaired) electrons. The van der Waals surface area contributed by atoms with Crippen LogP contribution in [0.1, 0.15) is 25.7 Å². The summed E-state index contributed by atoms with van der Waals surface area (Å²) >= 11 is 0. The summed E-state index contributed by atoms with van der Waals surface area (Å²) in [7, 11) is 3.88. The van der Waals surface area contributed by atoms with Crippen LogP contribution in [-0.4, -0.2) is 55.4 Å². The number of aromatic nitrogens is 2. The molecule has 4 rings (SSSR count). The van der Waals surface area contributed by atoms with Crippen LogP contribution in [0.25, 0.3) is 11.4 Å². The van der Waals surface area contributed by atoms with E-state index in [4.69, 9.17) is 9.26 Å². The monoisotopic (exact) mass is 342 g/mol. The van der Waals surface area contributed by atoms with Gasteiger partial charge in [-0.1, -0.05) is 17.3 Å². The minimum absolute atomic E-state index is 0.526. The maximum atomic E-state index is 5.54. The molecule has 0 unspecified atom stereocenters. The normalized spacial score (nSPS) is 20.8. The largest absolute Gasteiger partial charge is 0.497 e. The fourth-order valence-corrected chi connectivity index (χ4v) is 3.99. The van der Waals surface area contributed by atoms with Crippen molar-refractivity contribution in [3.05, 3.63) is 24.3 Å². The lowest BCUT2D eigenvalue weighted by molar-refractivity contribution is 0.0930. The lowest BCUT2D eigenvalue weighted by atomic mass is 9.71. The fraction of sp³-hybridized carbons (Fsp3) is 0.579. The number of benzene rings is 1. The highest BCUT2D eigenvalue weighted by atomic mass is 16.5. The second kappa shape index (κ2) is 6.67. The number of methoxy groups -OCH3 is 1. The van der Waals surface area contributed by atoms with E-state index in [1.807, 2.05) is 24.3 Å². The number of anilines is 1. The summed E-state index contributed by atoms with van der Waals surface area (Å²) in [6.07, 6.45) is 5.07. The van der Waals surface area contributed by atoms with Gasteiger partial charge in [0.05, 0.1) is 7.11 Å². The Morgan fingerprint density at radius 2 is 1.80 bits per heavy atom. The maximum Gasteiger partial charge on any atom is 0.324 e. The summed E-state index contributed by atoms with van der Waals surface area (Å²) in [6.45, 7) is 4.45. The molecule has 134 valence electrons. The van der Waals surface area contributed by atoms with Crippen molar-refractivity contribution in [3.8, 4) is 17.1 Å². The molecule has 6 heteroatoms. The number of piperidine rings is 2. The zero-order valence-electron chi connectivity index (χ0n) is 15.1. The number of ether oxygens (including phenoxy) is 1. The zero-order chi connectivity index (χ0) is 17.3. The van der Waals surface area contributed by atoms with E-state index in [0.717, 1.165) is 24.4 Å². The molecule has 0 aliphatic carbocycles. The predicted octanol–water partition coefficient (Wildman–Crippen LogP) is 3.06. The highest BCUT2D eigenvalue weighted by Crippen LogP contribution is 2.41. The van der Waals surface area contributed by atoms with E-state index in [1.165, 1.54) is 38.8 Å². The number of rotatable bonds is 3. The Kier molecular flexibility index (Phi) is 4.37. The van der Waals surface area contributed by atoms with Crippen molar-refractivity contribution in [3.63, 3.8) is 0 Å². The molecular weight excluding hydrogens is 316 g/mol. The smallest absolute Gasteiger partial charge is 0.324 e. The van der Waals surface area contributed by atoms with Gasteiger partial charge in [-0.25, -0.2) is 0 Å². The molecule has 2 aliphatic heterocycles. The van der Waals surface area contributed by atoms with Crippen LogP contribution in [0.5, 0.6) is 5.75 Å². The van der Waals surface area contributed by atoms with Gasteiger partial charge in [0, 0.05) is 18.7 Å². The van der Waals surface area contributed by atoms with Crippen molar-refractivity contribution in [1.82, 2.24) is 15.0 Å². The van der Waals surface area contributed by atoms with Gasteiger partial charge in [-0.2, -0.15) is 4.98 Å². The third kappa shape index (κ3) is 3.35. The molecule has 1 aromatic carbocycles. The van der Waals surface area contributed by atoms with E-state index in [0.29, 0.717) is 17.3 Å². The molecule has 0 saturated carbocycles. The second-order valence-corrected chi connectivity index (χ2v) is 7.42. The summed E-state index contributed by atoms with van der Waals surface area (Å²) in [5.74, 6) is 1.42. The topological polar surface area (TPSA) is 54.6 Å². The Labute approximate surface area is 148 Å². The molecule has 0 amide bonds. The molecule has 25 heavy (non-hydrogen) atoms. The molecule has 1 spiro atoms. The van der Waals surface area contributed by atoms with Crippen LogP contribution in [0.4, 0.5) is 6.01 Å². The summed E-state index contributed by atoms with van der Waals surface area (Å²) in [5, 5.41) is 4.16. The lowest BCUT2D eigenvalue weighted by Gasteiger charge is -2.45. The van der Waals surface area contributed by atoms with Gasteiger partial charge < -0.3 is 19.1 Å². The van der Waals surface area contributed by atoms with Gasteiger partial charge in [-0.05, 0) is 63.4 Å². The van der Waals surface area contributed by atoms with Gasteiger partial charge in [0.2, 0.25) is 5.82 Å². The first-order chi connectivity index (χ1) is 12.2. The van der Waals surface area contributed by atoms with Crippen molar-refractivity contribution >= 4 is 6.01 Å². The van der Waals surface area contributed by atoms with Gasteiger partial charge in [-0.15, -0.1) is 0 Å². The Bertz CT molecular complexity index is 712. The molecule has 1 aromatic heterocycles. The molecule has 3 heterocycles. The molecule has 2 saturated heterocycles. The molecular formula is C19H26N4O2. The van der Waals surface area contributed by atoms with Crippen molar-refractivity contribution in [1.29, 1.82) is 0 Å². The van der Waals surface area contributed by atoms with Crippen LogP contribution in [0.3, 0.4) is 0 Å². The van der Waals surface area contributed by atoms with Crippen LogP contribution >= 0.6 is 0 Å². The molecule has 6 nitrogen and oxygen atoms in total. The van der Waals surface area contributed by atoms with Crippen molar-refractivity contribution in [2.45, 2.75) is 25.7 Å². The predicted molar refractivity (Wildman–Crippen MR) is 96.9 cm³/mol.